The predicted molar refractivity (Wildman–Crippen MR) is 110 cm³/mol. The van der Waals surface area contributed by atoms with E-state index in [0.29, 0.717) is 5.75 Å². The molecule has 0 saturated heterocycles. The molecule has 2 aromatic heterocycles. The lowest BCUT2D eigenvalue weighted by atomic mass is 10.1. The van der Waals surface area contributed by atoms with Crippen molar-refractivity contribution in [1.29, 1.82) is 0 Å². The fourth-order valence-corrected chi connectivity index (χ4v) is 3.86. The quantitative estimate of drug-likeness (QED) is 0.320. The van der Waals surface area contributed by atoms with Gasteiger partial charge in [0.2, 0.25) is 0 Å². The highest BCUT2D eigenvalue weighted by atomic mass is 32.1. The van der Waals surface area contributed by atoms with Crippen molar-refractivity contribution in [3.05, 3.63) is 60.9 Å². The highest BCUT2D eigenvalue weighted by molar-refractivity contribution is 7.22. The van der Waals surface area contributed by atoms with Crippen LogP contribution in [0, 0.1) is 5.92 Å². The smallest absolute Gasteiger partial charge is 0.389 e. The molecule has 158 valence electrons. The van der Waals surface area contributed by atoms with E-state index in [4.69, 9.17) is 9.47 Å². The van der Waals surface area contributed by atoms with Crippen LogP contribution in [0.2, 0.25) is 0 Å². The maximum atomic E-state index is 12.9. The van der Waals surface area contributed by atoms with Crippen LogP contribution in [0.1, 0.15) is 13.3 Å². The summed E-state index contributed by atoms with van der Waals surface area (Å²) in [7, 11) is 0. The van der Waals surface area contributed by atoms with E-state index in [0.717, 1.165) is 20.5 Å². The van der Waals surface area contributed by atoms with Crippen LogP contribution in [-0.2, 0) is 9.53 Å². The fraction of sp³-hybridized carbons (Fsp3) is 0.273. The minimum absolute atomic E-state index is 0.134. The molecule has 0 N–H and O–H groups in total. The minimum atomic E-state index is -4.39. The molecule has 0 bridgehead atoms. The predicted octanol–water partition coefficient (Wildman–Crippen LogP) is 6.03. The maximum absolute atomic E-state index is 12.9. The molecular weight excluding hydrogens is 415 g/mol. The Morgan fingerprint density at radius 1 is 1.23 bits per heavy atom. The van der Waals surface area contributed by atoms with Crippen LogP contribution >= 0.6 is 11.3 Å². The van der Waals surface area contributed by atoms with Gasteiger partial charge in [-0.3, -0.25) is 4.98 Å². The van der Waals surface area contributed by atoms with Crippen molar-refractivity contribution >= 4 is 27.4 Å². The number of thiophene rings is 1. The fourth-order valence-electron chi connectivity index (χ4n) is 2.78. The van der Waals surface area contributed by atoms with E-state index < -0.39 is 31.1 Å². The Hall–Kier alpha value is -2.87. The molecule has 0 aliphatic heterocycles. The number of nitrogens with zero attached hydrogens (tertiary/aromatic N) is 1. The number of halogens is 3. The molecule has 3 aromatic rings. The van der Waals surface area contributed by atoms with E-state index in [1.807, 2.05) is 24.3 Å². The number of alkyl halides is 3. The normalized spacial score (nSPS) is 12.5. The van der Waals surface area contributed by atoms with Gasteiger partial charge >= 0.3 is 12.1 Å². The lowest BCUT2D eigenvalue weighted by Crippen LogP contribution is -2.26. The third kappa shape index (κ3) is 6.06. The van der Waals surface area contributed by atoms with Crippen molar-refractivity contribution in [2.24, 2.45) is 5.92 Å². The van der Waals surface area contributed by atoms with Gasteiger partial charge in [0.05, 0.1) is 19.6 Å². The van der Waals surface area contributed by atoms with E-state index in [9.17, 15) is 18.0 Å². The van der Waals surface area contributed by atoms with Gasteiger partial charge in [-0.1, -0.05) is 12.6 Å². The lowest BCUT2D eigenvalue weighted by Gasteiger charge is -2.19. The van der Waals surface area contributed by atoms with Crippen LogP contribution < -0.4 is 4.74 Å². The number of pyridine rings is 1. The van der Waals surface area contributed by atoms with Crippen LogP contribution in [-0.4, -0.2) is 30.3 Å². The molecule has 0 fully saturated rings. The zero-order chi connectivity index (χ0) is 21.7. The first-order valence-corrected chi connectivity index (χ1v) is 9.99. The van der Waals surface area contributed by atoms with Gasteiger partial charge in [0.15, 0.2) is 0 Å². The zero-order valence-corrected chi connectivity index (χ0v) is 17.1. The standard InChI is InChI=1S/C22H20F3NO3S/c1-14(2)21(27)29-13-15(10-22(23,24)25)12-28-18-6-5-16-8-19(30-20(16)9-18)17-4-3-7-26-11-17/h3-9,11,15H,1,10,12-13H2,2H3. The van der Waals surface area contributed by atoms with Crippen molar-refractivity contribution in [2.75, 3.05) is 13.2 Å². The number of esters is 1. The molecule has 4 nitrogen and oxygen atoms in total. The third-order valence-corrected chi connectivity index (χ3v) is 5.39. The first kappa shape index (κ1) is 21.8. The molecule has 3 rings (SSSR count). The average Bonchev–Trinajstić information content (AvgIpc) is 3.12. The topological polar surface area (TPSA) is 48.4 Å². The van der Waals surface area contributed by atoms with Gasteiger partial charge in [-0.15, -0.1) is 11.3 Å². The number of benzene rings is 1. The number of fused-ring (bicyclic) bond motifs is 1. The molecule has 0 saturated carbocycles. The largest absolute Gasteiger partial charge is 0.493 e. The Morgan fingerprint density at radius 3 is 2.70 bits per heavy atom. The van der Waals surface area contributed by atoms with Crippen molar-refractivity contribution in [3.8, 4) is 16.2 Å². The number of carbonyl (C=O) groups is 1. The molecule has 2 heterocycles. The van der Waals surface area contributed by atoms with Crippen molar-refractivity contribution in [3.63, 3.8) is 0 Å². The molecule has 1 aromatic carbocycles. The minimum Gasteiger partial charge on any atom is -0.493 e. The molecule has 0 spiro atoms. The van der Waals surface area contributed by atoms with Gasteiger partial charge in [-0.05, 0) is 42.6 Å². The summed E-state index contributed by atoms with van der Waals surface area (Å²) in [6.45, 7) is 4.24. The van der Waals surface area contributed by atoms with Gasteiger partial charge in [-0.25, -0.2) is 4.79 Å². The number of hydrogen-bond acceptors (Lipinski definition) is 5. The summed E-state index contributed by atoms with van der Waals surface area (Å²) in [5.41, 5.74) is 1.12. The Bertz CT molecular complexity index is 1030. The highest BCUT2D eigenvalue weighted by Gasteiger charge is 2.33. The second-order valence-corrected chi connectivity index (χ2v) is 8.01. The van der Waals surface area contributed by atoms with E-state index in [1.165, 1.54) is 6.92 Å². The van der Waals surface area contributed by atoms with Gasteiger partial charge < -0.3 is 9.47 Å². The van der Waals surface area contributed by atoms with E-state index in [-0.39, 0.29) is 12.2 Å². The molecule has 8 heteroatoms. The van der Waals surface area contributed by atoms with Crippen LogP contribution in [0.15, 0.2) is 60.9 Å². The van der Waals surface area contributed by atoms with Crippen molar-refractivity contribution < 1.29 is 27.4 Å². The summed E-state index contributed by atoms with van der Waals surface area (Å²) in [6, 6.07) is 11.2. The highest BCUT2D eigenvalue weighted by Crippen LogP contribution is 2.35. The zero-order valence-electron chi connectivity index (χ0n) is 16.2. The maximum Gasteiger partial charge on any atom is 0.389 e. The molecule has 1 unspecified atom stereocenters. The van der Waals surface area contributed by atoms with Crippen LogP contribution in [0.25, 0.3) is 20.5 Å². The monoisotopic (exact) mass is 435 g/mol. The van der Waals surface area contributed by atoms with Gasteiger partial charge in [0.25, 0.3) is 0 Å². The Kier molecular flexibility index (Phi) is 6.77. The summed E-state index contributed by atoms with van der Waals surface area (Å²) < 4.78 is 50.1. The van der Waals surface area contributed by atoms with Crippen molar-refractivity contribution in [2.45, 2.75) is 19.5 Å². The van der Waals surface area contributed by atoms with Crippen LogP contribution in [0.3, 0.4) is 0 Å². The van der Waals surface area contributed by atoms with E-state index in [2.05, 4.69) is 11.6 Å². The molecule has 0 aliphatic rings. The average molecular weight is 435 g/mol. The summed E-state index contributed by atoms with van der Waals surface area (Å²) in [6.07, 6.45) is -2.02. The first-order chi connectivity index (χ1) is 14.2. The number of aromatic nitrogens is 1. The van der Waals surface area contributed by atoms with Crippen LogP contribution in [0.5, 0.6) is 5.75 Å². The summed E-state index contributed by atoms with van der Waals surface area (Å²) in [5.74, 6) is -1.27. The molecule has 0 aliphatic carbocycles. The Morgan fingerprint density at radius 2 is 2.03 bits per heavy atom. The molecule has 0 amide bonds. The summed E-state index contributed by atoms with van der Waals surface area (Å²) in [4.78, 5) is 16.7. The molecule has 0 radical (unpaired) electrons. The second kappa shape index (κ2) is 9.30. The van der Waals surface area contributed by atoms with Gasteiger partial charge in [-0.2, -0.15) is 13.2 Å². The lowest BCUT2D eigenvalue weighted by molar-refractivity contribution is -0.158. The molecular formula is C22H20F3NO3S. The third-order valence-electron chi connectivity index (χ3n) is 4.24. The van der Waals surface area contributed by atoms with E-state index in [1.54, 1.807) is 35.9 Å². The molecule has 1 atom stereocenters. The number of hydrogen-bond donors (Lipinski definition) is 0. The Balaban J connectivity index is 1.69. The summed E-state index contributed by atoms with van der Waals surface area (Å²) in [5, 5.41) is 1.01. The van der Waals surface area contributed by atoms with E-state index >= 15 is 0 Å². The van der Waals surface area contributed by atoms with Gasteiger partial charge in [0.1, 0.15) is 5.75 Å². The van der Waals surface area contributed by atoms with Gasteiger partial charge in [0, 0.05) is 39.0 Å². The first-order valence-electron chi connectivity index (χ1n) is 9.17. The summed E-state index contributed by atoms with van der Waals surface area (Å²) >= 11 is 1.55. The van der Waals surface area contributed by atoms with Crippen molar-refractivity contribution in [1.82, 2.24) is 4.98 Å². The number of ether oxygens (including phenoxy) is 2. The number of rotatable bonds is 8. The SMILES string of the molecule is C=C(C)C(=O)OCC(COc1ccc2cc(-c3cccnc3)sc2c1)CC(F)(F)F. The Labute approximate surface area is 176 Å². The second-order valence-electron chi connectivity index (χ2n) is 6.93. The molecule has 30 heavy (non-hydrogen) atoms. The van der Waals surface area contributed by atoms with Crippen LogP contribution in [0.4, 0.5) is 13.2 Å². The number of carbonyl (C=O) groups excluding carboxylic acids is 1.